The van der Waals surface area contributed by atoms with Crippen LogP contribution in [-0.4, -0.2) is 46.2 Å². The molecule has 0 aromatic rings. The molecular formula is C16H26IO4P. The van der Waals surface area contributed by atoms with Crippen LogP contribution in [0.1, 0.15) is 13.3 Å². The molecule has 0 N–H and O–H groups in total. The van der Waals surface area contributed by atoms with Gasteiger partial charge in [0.15, 0.2) is 0 Å². The first-order valence-electron chi connectivity index (χ1n) is 7.59. The molecule has 0 radical (unpaired) electrons. The minimum Gasteiger partial charge on any atom is -0.379 e. The van der Waals surface area contributed by atoms with Gasteiger partial charge in [-0.05, 0) is 40.0 Å². The normalized spacial score (nSPS) is 18.1. The number of rotatable bonds is 13. The molecule has 0 bridgehead atoms. The summed E-state index contributed by atoms with van der Waals surface area (Å²) in [5, 5.41) is 0. The third-order valence-corrected chi connectivity index (χ3v) is 4.19. The monoisotopic (exact) mass is 440 g/mol. The number of halogens is 1. The molecule has 0 aliphatic heterocycles. The van der Waals surface area contributed by atoms with E-state index in [-0.39, 0.29) is 0 Å². The molecule has 0 fully saturated rings. The van der Waals surface area contributed by atoms with Crippen molar-refractivity contribution in [3.8, 4) is 0 Å². The molecule has 22 heavy (non-hydrogen) atoms. The van der Waals surface area contributed by atoms with E-state index in [1.54, 1.807) is 0 Å². The Morgan fingerprint density at radius 1 is 1.00 bits per heavy atom. The fraction of sp³-hybridized carbons (Fsp3) is 0.625. The van der Waals surface area contributed by atoms with Crippen LogP contribution in [-0.2, 0) is 18.7 Å². The second kappa shape index (κ2) is 14.8. The maximum absolute atomic E-state index is 5.65. The van der Waals surface area contributed by atoms with Crippen molar-refractivity contribution in [2.75, 3.05) is 46.2 Å². The molecular weight excluding hydrogens is 414 g/mol. The Labute approximate surface area is 148 Å². The average Bonchev–Trinajstić information content (AvgIpc) is 2.73. The predicted molar refractivity (Wildman–Crippen MR) is 101 cm³/mol. The highest BCUT2D eigenvalue weighted by Crippen LogP contribution is 2.20. The lowest BCUT2D eigenvalue weighted by atomic mass is 10.1. The van der Waals surface area contributed by atoms with E-state index in [9.17, 15) is 0 Å². The van der Waals surface area contributed by atoms with Crippen molar-refractivity contribution in [3.63, 3.8) is 0 Å². The summed E-state index contributed by atoms with van der Waals surface area (Å²) in [5.74, 6) is 0.498. The van der Waals surface area contributed by atoms with Crippen molar-refractivity contribution in [1.82, 2.24) is 0 Å². The van der Waals surface area contributed by atoms with Gasteiger partial charge < -0.3 is 18.7 Å². The van der Waals surface area contributed by atoms with Crippen LogP contribution < -0.4 is 0 Å². The maximum atomic E-state index is 5.65. The first kappa shape index (κ1) is 20.3. The van der Waals surface area contributed by atoms with Crippen molar-refractivity contribution in [1.29, 1.82) is 0 Å². The third kappa shape index (κ3) is 11.7. The van der Waals surface area contributed by atoms with E-state index in [0.29, 0.717) is 52.0 Å². The first-order valence-corrected chi connectivity index (χ1v) is 11.6. The molecule has 0 heterocycles. The predicted octanol–water partition coefficient (Wildman–Crippen LogP) is 4.07. The van der Waals surface area contributed by atoms with E-state index in [2.05, 4.69) is 59.3 Å². The summed E-state index contributed by atoms with van der Waals surface area (Å²) in [6.45, 7) is 7.31. The highest BCUT2D eigenvalue weighted by molar-refractivity contribution is 14.2. The molecule has 6 heteroatoms. The average molecular weight is 440 g/mol. The summed E-state index contributed by atoms with van der Waals surface area (Å²) in [6, 6.07) is 0. The lowest BCUT2D eigenvalue weighted by Crippen LogP contribution is -2.09. The van der Waals surface area contributed by atoms with E-state index in [4.69, 9.17) is 18.7 Å². The van der Waals surface area contributed by atoms with Gasteiger partial charge >= 0.3 is 0 Å². The second-order valence-electron chi connectivity index (χ2n) is 4.90. The fourth-order valence-electron chi connectivity index (χ4n) is 1.76. The van der Waals surface area contributed by atoms with Gasteiger partial charge in [-0.3, -0.25) is 0 Å². The van der Waals surface area contributed by atoms with Crippen molar-refractivity contribution >= 4 is 28.5 Å². The van der Waals surface area contributed by atoms with Crippen LogP contribution in [0.2, 0.25) is 0 Å². The van der Waals surface area contributed by atoms with Gasteiger partial charge in [0.1, 0.15) is 0 Å². The molecule has 2 atom stereocenters. The molecule has 0 amide bonds. The summed E-state index contributed by atoms with van der Waals surface area (Å²) in [5.41, 5.74) is 1.21. The minimum absolute atomic E-state index is 0.498. The van der Waals surface area contributed by atoms with Gasteiger partial charge in [-0.1, -0.05) is 37.3 Å². The van der Waals surface area contributed by atoms with E-state index < -0.39 is 0 Å². The van der Waals surface area contributed by atoms with Crippen LogP contribution in [0.25, 0.3) is 0 Å². The van der Waals surface area contributed by atoms with Crippen LogP contribution >= 0.6 is 28.5 Å². The highest BCUT2D eigenvalue weighted by Gasteiger charge is 1.98. The fourth-order valence-corrected chi connectivity index (χ4v) is 2.58. The third-order valence-electron chi connectivity index (χ3n) is 2.94. The molecule has 0 saturated heterocycles. The summed E-state index contributed by atoms with van der Waals surface area (Å²) in [7, 11) is 0. The van der Waals surface area contributed by atoms with Crippen molar-refractivity contribution < 1.29 is 18.7 Å². The van der Waals surface area contributed by atoms with Crippen LogP contribution in [0.3, 0.4) is 0 Å². The molecule has 0 spiro atoms. The summed E-state index contributed by atoms with van der Waals surface area (Å²) in [4.78, 5) is 0. The first-order chi connectivity index (χ1) is 10.8. The number of ether oxygens (including phenoxy) is 3. The van der Waals surface area contributed by atoms with Gasteiger partial charge in [-0.25, -0.2) is 0 Å². The molecule has 2 unspecified atom stereocenters. The quantitative estimate of drug-likeness (QED) is 0.246. The largest absolute Gasteiger partial charge is 0.379 e. The molecule has 0 aromatic carbocycles. The molecule has 126 valence electrons. The van der Waals surface area contributed by atoms with Crippen molar-refractivity contribution in [3.05, 3.63) is 36.0 Å². The molecule has 4 nitrogen and oxygen atoms in total. The Morgan fingerprint density at radius 2 is 1.73 bits per heavy atom. The van der Waals surface area contributed by atoms with E-state index in [0.717, 1.165) is 13.0 Å². The Bertz CT molecular complexity index is 358. The number of hydrogen-bond donors (Lipinski definition) is 0. The Balaban J connectivity index is 1.85. The van der Waals surface area contributed by atoms with E-state index >= 15 is 0 Å². The van der Waals surface area contributed by atoms with Crippen LogP contribution in [0, 0.1) is 5.92 Å². The van der Waals surface area contributed by atoms with E-state index in [1.165, 1.54) is 5.57 Å². The minimum atomic E-state index is 0.498. The molecule has 0 saturated carbocycles. The van der Waals surface area contributed by atoms with Gasteiger partial charge in [-0.15, -0.1) is 0 Å². The van der Waals surface area contributed by atoms with Gasteiger partial charge in [0.25, 0.3) is 0 Å². The summed E-state index contributed by atoms with van der Waals surface area (Å²) >= 11 is 2.20. The van der Waals surface area contributed by atoms with Crippen LogP contribution in [0.5, 0.6) is 0 Å². The lowest BCUT2D eigenvalue weighted by molar-refractivity contribution is 0.0303. The van der Waals surface area contributed by atoms with Gasteiger partial charge in [0, 0.05) is 13.2 Å². The van der Waals surface area contributed by atoms with Gasteiger partial charge in [-0.2, -0.15) is 0 Å². The topological polar surface area (TPSA) is 36.9 Å². The zero-order chi connectivity index (χ0) is 15.9. The van der Waals surface area contributed by atoms with E-state index in [1.807, 2.05) is 0 Å². The molecule has 0 aromatic heterocycles. The van der Waals surface area contributed by atoms with Crippen molar-refractivity contribution in [2.45, 2.75) is 13.3 Å². The van der Waals surface area contributed by atoms with Crippen LogP contribution in [0.15, 0.2) is 36.0 Å². The lowest BCUT2D eigenvalue weighted by Gasteiger charge is -2.07. The number of allylic oxidation sites excluding steroid dienone is 4. The Morgan fingerprint density at radius 3 is 2.55 bits per heavy atom. The molecule has 1 aliphatic rings. The number of hydrogen-bond acceptors (Lipinski definition) is 4. The summed E-state index contributed by atoms with van der Waals surface area (Å²) in [6.07, 6.45) is 11.6. The van der Waals surface area contributed by atoms with Gasteiger partial charge in [0.05, 0.1) is 39.5 Å². The van der Waals surface area contributed by atoms with Crippen molar-refractivity contribution in [2.24, 2.45) is 5.92 Å². The summed E-state index contributed by atoms with van der Waals surface area (Å²) < 4.78 is 21.7. The Hall–Kier alpha value is 0.220. The second-order valence-corrected chi connectivity index (χ2v) is 6.67. The zero-order valence-corrected chi connectivity index (χ0v) is 16.3. The van der Waals surface area contributed by atoms with Gasteiger partial charge in [0.2, 0.25) is 0 Å². The maximum Gasteiger partial charge on any atom is 0.0794 e. The molecule has 1 aliphatic carbocycles. The molecule has 1 rings (SSSR count). The standard InChI is InChI=1S/C16H26IO4P/c1-15-4-2-5-16(7-6-15)14-20-9-3-8-18-10-11-19-12-13-21-22-17/h2,4-7,15,22H,3,8-14H2,1H3. The SMILES string of the molecule is CC1C=CC=C(COCCCOCCOCCOPI)C=C1. The van der Waals surface area contributed by atoms with Crippen LogP contribution in [0.4, 0.5) is 0 Å². The Kier molecular flexibility index (Phi) is 13.6. The zero-order valence-electron chi connectivity index (χ0n) is 13.1. The smallest absolute Gasteiger partial charge is 0.0794 e. The highest BCUT2D eigenvalue weighted by atomic mass is 127.